The lowest BCUT2D eigenvalue weighted by Gasteiger charge is -2.12. The number of nitrogens with zero attached hydrogens (tertiary/aromatic N) is 6. The van der Waals surface area contributed by atoms with Crippen LogP contribution in [0.1, 0.15) is 5.56 Å². The van der Waals surface area contributed by atoms with E-state index in [2.05, 4.69) is 25.4 Å². The predicted molar refractivity (Wildman–Crippen MR) is 91.1 cm³/mol. The number of hydrogen-bond donors (Lipinski definition) is 1. The molecule has 28 heavy (non-hydrogen) atoms. The third-order valence-corrected chi connectivity index (χ3v) is 3.98. The zero-order chi connectivity index (χ0) is 19.7. The summed E-state index contributed by atoms with van der Waals surface area (Å²) < 4.78 is 55.2. The summed E-state index contributed by atoms with van der Waals surface area (Å²) in [6, 6.07) is 8.26. The van der Waals surface area contributed by atoms with E-state index in [4.69, 9.17) is 0 Å². The fraction of sp³-hybridized carbons (Fsp3) is 0.176. The number of halogens is 4. The average molecular weight is 391 g/mol. The molecule has 0 aliphatic rings. The fourth-order valence-corrected chi connectivity index (χ4v) is 2.75. The van der Waals surface area contributed by atoms with Gasteiger partial charge in [-0.1, -0.05) is 12.1 Å². The van der Waals surface area contributed by atoms with Crippen LogP contribution in [0.5, 0.6) is 0 Å². The first-order chi connectivity index (χ1) is 13.5. The maximum Gasteiger partial charge on any atom is 0.418 e. The standard InChI is InChI=1S/C17H13F4N7/c18-7-10-28-16(23-15(26-28)12-5-8-22-24-12)13-6-9-27(25-13)14-4-2-1-3-11(14)17(19,20)21/h1-6,8-9H,7,10H2,(H,22,24). The summed E-state index contributed by atoms with van der Waals surface area (Å²) in [6.45, 7) is -0.751. The van der Waals surface area contributed by atoms with Gasteiger partial charge in [0.1, 0.15) is 18.1 Å². The Morgan fingerprint density at radius 3 is 2.57 bits per heavy atom. The molecule has 0 bridgehead atoms. The van der Waals surface area contributed by atoms with Gasteiger partial charge in [0.25, 0.3) is 0 Å². The van der Waals surface area contributed by atoms with Gasteiger partial charge in [-0.2, -0.15) is 23.4 Å². The van der Waals surface area contributed by atoms with Gasteiger partial charge in [-0.3, -0.25) is 5.10 Å². The molecule has 0 aliphatic carbocycles. The summed E-state index contributed by atoms with van der Waals surface area (Å²) in [5, 5.41) is 15.0. The maximum atomic E-state index is 13.3. The summed E-state index contributed by atoms with van der Waals surface area (Å²) >= 11 is 0. The van der Waals surface area contributed by atoms with Gasteiger partial charge in [-0.15, -0.1) is 5.10 Å². The second-order valence-corrected chi connectivity index (χ2v) is 5.80. The number of aromatic amines is 1. The molecule has 0 fully saturated rings. The zero-order valence-corrected chi connectivity index (χ0v) is 14.2. The van der Waals surface area contributed by atoms with Crippen LogP contribution >= 0.6 is 0 Å². The number of nitrogens with one attached hydrogen (secondary N) is 1. The van der Waals surface area contributed by atoms with Gasteiger partial charge in [0.2, 0.25) is 0 Å². The highest BCUT2D eigenvalue weighted by molar-refractivity contribution is 5.56. The number of H-pyrrole nitrogens is 1. The zero-order valence-electron chi connectivity index (χ0n) is 14.2. The molecule has 4 rings (SSSR count). The van der Waals surface area contributed by atoms with Gasteiger partial charge >= 0.3 is 6.18 Å². The number of alkyl halides is 4. The van der Waals surface area contributed by atoms with E-state index >= 15 is 0 Å². The Balaban J connectivity index is 1.77. The topological polar surface area (TPSA) is 77.2 Å². The van der Waals surface area contributed by atoms with Crippen molar-refractivity contribution in [3.8, 4) is 28.7 Å². The molecule has 1 aromatic carbocycles. The summed E-state index contributed by atoms with van der Waals surface area (Å²) in [5.41, 5.74) is -0.135. The highest BCUT2D eigenvalue weighted by Gasteiger charge is 2.34. The van der Waals surface area contributed by atoms with E-state index in [1.165, 1.54) is 41.3 Å². The van der Waals surface area contributed by atoms with E-state index in [9.17, 15) is 17.6 Å². The largest absolute Gasteiger partial charge is 0.418 e. The molecule has 0 amide bonds. The van der Waals surface area contributed by atoms with Gasteiger partial charge in [-0.05, 0) is 24.3 Å². The number of benzene rings is 1. The minimum atomic E-state index is -4.52. The van der Waals surface area contributed by atoms with Crippen LogP contribution in [0.3, 0.4) is 0 Å². The summed E-state index contributed by atoms with van der Waals surface area (Å²) in [7, 11) is 0. The van der Waals surface area contributed by atoms with Crippen LogP contribution in [0.15, 0.2) is 48.8 Å². The first-order valence-corrected chi connectivity index (χ1v) is 8.20. The number of rotatable bonds is 5. The number of aryl methyl sites for hydroxylation is 1. The Morgan fingerprint density at radius 1 is 1.04 bits per heavy atom. The summed E-state index contributed by atoms with van der Waals surface area (Å²) in [5.74, 6) is 0.525. The lowest BCUT2D eigenvalue weighted by Crippen LogP contribution is -2.11. The molecule has 0 radical (unpaired) electrons. The van der Waals surface area contributed by atoms with Crippen molar-refractivity contribution in [1.82, 2.24) is 34.7 Å². The number of aromatic nitrogens is 7. The molecule has 4 aromatic rings. The number of para-hydroxylation sites is 1. The quantitative estimate of drug-likeness (QED) is 0.528. The van der Waals surface area contributed by atoms with Crippen molar-refractivity contribution < 1.29 is 17.6 Å². The minimum Gasteiger partial charge on any atom is -0.275 e. The lowest BCUT2D eigenvalue weighted by atomic mass is 10.2. The molecule has 0 atom stereocenters. The SMILES string of the molecule is FCCn1nc(-c2ccn[nH]2)nc1-c1ccn(-c2ccccc2C(F)(F)F)n1. The van der Waals surface area contributed by atoms with Crippen LogP contribution in [0.2, 0.25) is 0 Å². The van der Waals surface area contributed by atoms with E-state index in [1.807, 2.05) is 0 Å². The Morgan fingerprint density at radius 2 is 1.86 bits per heavy atom. The first kappa shape index (κ1) is 17.9. The summed E-state index contributed by atoms with van der Waals surface area (Å²) in [6.07, 6.45) is -1.61. The molecular formula is C17H13F4N7. The van der Waals surface area contributed by atoms with E-state index in [0.29, 0.717) is 5.69 Å². The van der Waals surface area contributed by atoms with E-state index in [-0.39, 0.29) is 29.6 Å². The van der Waals surface area contributed by atoms with Crippen molar-refractivity contribution in [2.75, 3.05) is 6.67 Å². The van der Waals surface area contributed by atoms with Crippen molar-refractivity contribution in [3.63, 3.8) is 0 Å². The van der Waals surface area contributed by atoms with Crippen LogP contribution in [0.4, 0.5) is 17.6 Å². The molecule has 0 saturated carbocycles. The third-order valence-electron chi connectivity index (χ3n) is 3.98. The van der Waals surface area contributed by atoms with Gasteiger partial charge in [0, 0.05) is 12.4 Å². The monoisotopic (exact) mass is 391 g/mol. The number of hydrogen-bond acceptors (Lipinski definition) is 4. The Bertz CT molecular complexity index is 1080. The molecule has 144 valence electrons. The highest BCUT2D eigenvalue weighted by atomic mass is 19.4. The van der Waals surface area contributed by atoms with Crippen molar-refractivity contribution >= 4 is 0 Å². The van der Waals surface area contributed by atoms with Crippen molar-refractivity contribution in [2.24, 2.45) is 0 Å². The molecule has 0 aliphatic heterocycles. The normalized spacial score (nSPS) is 11.9. The maximum absolute atomic E-state index is 13.3. The van der Waals surface area contributed by atoms with Gasteiger partial charge < -0.3 is 0 Å². The van der Waals surface area contributed by atoms with Gasteiger partial charge in [0.15, 0.2) is 11.6 Å². The second kappa shape index (κ2) is 6.91. The molecule has 11 heteroatoms. The highest BCUT2D eigenvalue weighted by Crippen LogP contribution is 2.33. The fourth-order valence-electron chi connectivity index (χ4n) is 2.75. The third kappa shape index (κ3) is 3.26. The molecule has 1 N–H and O–H groups in total. The smallest absolute Gasteiger partial charge is 0.275 e. The van der Waals surface area contributed by atoms with E-state index in [0.717, 1.165) is 10.7 Å². The molecule has 0 unspecified atom stereocenters. The predicted octanol–water partition coefficient (Wildman–Crippen LogP) is 3.51. The Labute approximate surface area is 155 Å². The first-order valence-electron chi connectivity index (χ1n) is 8.20. The van der Waals surface area contributed by atoms with Crippen molar-refractivity contribution in [2.45, 2.75) is 12.7 Å². The molecule has 0 saturated heterocycles. The molecule has 3 heterocycles. The molecular weight excluding hydrogens is 378 g/mol. The molecule has 7 nitrogen and oxygen atoms in total. The average Bonchev–Trinajstić information content (AvgIpc) is 3.41. The molecule has 0 spiro atoms. The lowest BCUT2D eigenvalue weighted by molar-refractivity contribution is -0.137. The van der Waals surface area contributed by atoms with Crippen LogP contribution in [-0.4, -0.2) is 41.4 Å². The van der Waals surface area contributed by atoms with Gasteiger partial charge in [0.05, 0.1) is 17.8 Å². The molecule has 3 aromatic heterocycles. The second-order valence-electron chi connectivity index (χ2n) is 5.80. The van der Waals surface area contributed by atoms with Crippen LogP contribution in [0.25, 0.3) is 28.7 Å². The van der Waals surface area contributed by atoms with Gasteiger partial charge in [-0.25, -0.2) is 18.7 Å². The summed E-state index contributed by atoms with van der Waals surface area (Å²) in [4.78, 5) is 4.34. The van der Waals surface area contributed by atoms with E-state index < -0.39 is 18.4 Å². The van der Waals surface area contributed by atoms with Crippen molar-refractivity contribution in [3.05, 3.63) is 54.4 Å². The minimum absolute atomic E-state index is 0.0670. The Kier molecular flexibility index (Phi) is 4.41. The van der Waals surface area contributed by atoms with Crippen LogP contribution < -0.4 is 0 Å². The van der Waals surface area contributed by atoms with Crippen LogP contribution in [0, 0.1) is 0 Å². The van der Waals surface area contributed by atoms with E-state index in [1.54, 1.807) is 6.07 Å². The Hall–Kier alpha value is -3.50. The van der Waals surface area contributed by atoms with Crippen molar-refractivity contribution in [1.29, 1.82) is 0 Å². The van der Waals surface area contributed by atoms with Crippen LogP contribution in [-0.2, 0) is 12.7 Å².